The quantitative estimate of drug-likeness (QED) is 0.306. The van der Waals surface area contributed by atoms with Gasteiger partial charge in [-0.3, -0.25) is 13.9 Å². The van der Waals surface area contributed by atoms with Crippen molar-refractivity contribution in [2.24, 2.45) is 0 Å². The van der Waals surface area contributed by atoms with E-state index in [2.05, 4.69) is 5.32 Å². The molecule has 0 aliphatic heterocycles. The number of halogens is 1. The molecular formula is C32H40FN3O6S. The van der Waals surface area contributed by atoms with Crippen molar-refractivity contribution >= 4 is 27.5 Å². The van der Waals surface area contributed by atoms with E-state index in [0.29, 0.717) is 12.2 Å². The summed E-state index contributed by atoms with van der Waals surface area (Å²) in [6.07, 6.45) is 0.290. The number of carbonyl (C=O) groups excluding carboxylic acids is 2. The van der Waals surface area contributed by atoms with Gasteiger partial charge in [0.15, 0.2) is 11.5 Å². The number of hydrogen-bond acceptors (Lipinski definition) is 6. The Morgan fingerprint density at radius 2 is 1.58 bits per heavy atom. The number of hydrogen-bond donors (Lipinski definition) is 1. The molecule has 0 spiro atoms. The van der Waals surface area contributed by atoms with Gasteiger partial charge in [0.2, 0.25) is 11.8 Å². The SMILES string of the molecule is CC[C@H](C(=O)NC(C)(C)C)N(Cc1ccccc1C)C(=O)CN(c1ccc(F)cc1)S(=O)(=O)c1ccc(OC)c(OC)c1. The highest BCUT2D eigenvalue weighted by atomic mass is 32.2. The van der Waals surface area contributed by atoms with Crippen molar-refractivity contribution in [1.82, 2.24) is 10.2 Å². The van der Waals surface area contributed by atoms with E-state index >= 15 is 0 Å². The van der Waals surface area contributed by atoms with Crippen molar-refractivity contribution in [2.45, 2.75) is 64.1 Å². The van der Waals surface area contributed by atoms with E-state index in [-0.39, 0.29) is 28.8 Å². The molecule has 0 heterocycles. The Morgan fingerprint density at radius 3 is 2.14 bits per heavy atom. The molecule has 3 aromatic rings. The van der Waals surface area contributed by atoms with Gasteiger partial charge in [0.1, 0.15) is 18.4 Å². The van der Waals surface area contributed by atoms with Gasteiger partial charge in [-0.15, -0.1) is 0 Å². The first kappa shape index (κ1) is 33.4. The number of nitrogens with zero attached hydrogens (tertiary/aromatic N) is 2. The van der Waals surface area contributed by atoms with Gasteiger partial charge in [0.05, 0.1) is 24.8 Å². The lowest BCUT2D eigenvalue weighted by Gasteiger charge is -2.35. The zero-order chi connectivity index (χ0) is 31.9. The Hall–Kier alpha value is -4.12. The standard InChI is InChI=1S/C32H40FN3O6S/c1-8-27(31(38)34-32(3,4)5)35(20-23-12-10-9-11-22(23)2)30(37)21-36(25-15-13-24(33)14-16-25)43(39,40)26-17-18-28(41-6)29(19-26)42-7/h9-19,27H,8,20-21H2,1-7H3,(H,34,38)/t27-/m1/s1. The molecule has 0 saturated carbocycles. The third-order valence-corrected chi connectivity index (χ3v) is 8.59. The number of carbonyl (C=O) groups is 2. The number of anilines is 1. The summed E-state index contributed by atoms with van der Waals surface area (Å²) in [5.41, 5.74) is 1.25. The van der Waals surface area contributed by atoms with Crippen LogP contribution in [0.1, 0.15) is 45.2 Å². The van der Waals surface area contributed by atoms with E-state index in [1.165, 1.54) is 49.5 Å². The molecule has 1 N–H and O–H groups in total. The Labute approximate surface area is 253 Å². The molecule has 2 amide bonds. The molecule has 11 heteroatoms. The summed E-state index contributed by atoms with van der Waals surface area (Å²) < 4.78 is 53.5. The number of benzene rings is 3. The van der Waals surface area contributed by atoms with Gasteiger partial charge in [-0.05, 0) is 81.6 Å². The van der Waals surface area contributed by atoms with Crippen LogP contribution in [0, 0.1) is 12.7 Å². The van der Waals surface area contributed by atoms with Crippen molar-refractivity contribution in [3.63, 3.8) is 0 Å². The van der Waals surface area contributed by atoms with Crippen LogP contribution in [0.3, 0.4) is 0 Å². The fourth-order valence-electron chi connectivity index (χ4n) is 4.58. The monoisotopic (exact) mass is 613 g/mol. The van der Waals surface area contributed by atoms with Crippen molar-refractivity contribution in [3.05, 3.63) is 83.7 Å². The molecule has 0 bridgehead atoms. The number of nitrogens with one attached hydrogen (secondary N) is 1. The van der Waals surface area contributed by atoms with Crippen LogP contribution in [-0.4, -0.2) is 57.5 Å². The van der Waals surface area contributed by atoms with Gasteiger partial charge in [0.25, 0.3) is 10.0 Å². The average Bonchev–Trinajstić information content (AvgIpc) is 2.95. The third-order valence-electron chi connectivity index (χ3n) is 6.82. The molecule has 232 valence electrons. The fourth-order valence-corrected chi connectivity index (χ4v) is 6.01. The normalized spacial score (nSPS) is 12.3. The van der Waals surface area contributed by atoms with Gasteiger partial charge < -0.3 is 19.7 Å². The van der Waals surface area contributed by atoms with Gasteiger partial charge in [-0.2, -0.15) is 0 Å². The highest BCUT2D eigenvalue weighted by Crippen LogP contribution is 2.32. The van der Waals surface area contributed by atoms with E-state index < -0.39 is 39.9 Å². The number of rotatable bonds is 12. The smallest absolute Gasteiger partial charge is 0.264 e. The highest BCUT2D eigenvalue weighted by molar-refractivity contribution is 7.92. The second-order valence-electron chi connectivity index (χ2n) is 11.1. The summed E-state index contributed by atoms with van der Waals surface area (Å²) in [5, 5.41) is 2.94. The number of ether oxygens (including phenoxy) is 2. The maximum atomic E-state index is 14.2. The summed E-state index contributed by atoms with van der Waals surface area (Å²) in [4.78, 5) is 28.9. The fraction of sp³-hybridized carbons (Fsp3) is 0.375. The summed E-state index contributed by atoms with van der Waals surface area (Å²) in [5.74, 6) is -1.02. The topological polar surface area (TPSA) is 105 Å². The summed E-state index contributed by atoms with van der Waals surface area (Å²) >= 11 is 0. The minimum absolute atomic E-state index is 0.0765. The predicted octanol–water partition coefficient (Wildman–Crippen LogP) is 5.07. The first-order valence-electron chi connectivity index (χ1n) is 13.9. The van der Waals surface area contributed by atoms with Crippen LogP contribution in [0.2, 0.25) is 0 Å². The minimum atomic E-state index is -4.39. The zero-order valence-corrected chi connectivity index (χ0v) is 26.5. The molecule has 3 aromatic carbocycles. The molecule has 0 unspecified atom stereocenters. The maximum absolute atomic E-state index is 14.2. The highest BCUT2D eigenvalue weighted by Gasteiger charge is 2.35. The van der Waals surface area contributed by atoms with E-state index in [9.17, 15) is 22.4 Å². The first-order valence-corrected chi connectivity index (χ1v) is 15.3. The third kappa shape index (κ3) is 8.25. The number of aryl methyl sites for hydroxylation is 1. The molecule has 0 aromatic heterocycles. The van der Waals surface area contributed by atoms with Crippen LogP contribution in [0.4, 0.5) is 10.1 Å². The van der Waals surface area contributed by atoms with E-state index in [1.807, 2.05) is 52.0 Å². The lowest BCUT2D eigenvalue weighted by molar-refractivity contribution is -0.141. The molecule has 0 saturated heterocycles. The van der Waals surface area contributed by atoms with Crippen LogP contribution >= 0.6 is 0 Å². The molecule has 0 fully saturated rings. The lowest BCUT2D eigenvalue weighted by Crippen LogP contribution is -2.55. The largest absolute Gasteiger partial charge is 0.493 e. The molecule has 0 aliphatic rings. The van der Waals surface area contributed by atoms with Crippen LogP contribution in [0.5, 0.6) is 11.5 Å². The second-order valence-corrected chi connectivity index (χ2v) is 13.0. The lowest BCUT2D eigenvalue weighted by atomic mass is 10.0. The summed E-state index contributed by atoms with van der Waals surface area (Å²) in [7, 11) is -1.58. The average molecular weight is 614 g/mol. The number of methoxy groups -OCH3 is 2. The van der Waals surface area contributed by atoms with Crippen molar-refractivity contribution in [1.29, 1.82) is 0 Å². The predicted molar refractivity (Wildman–Crippen MR) is 164 cm³/mol. The Balaban J connectivity index is 2.12. The number of sulfonamides is 1. The molecule has 3 rings (SSSR count). The van der Waals surface area contributed by atoms with Gasteiger partial charge in [-0.1, -0.05) is 31.2 Å². The van der Waals surface area contributed by atoms with Crippen LogP contribution in [-0.2, 0) is 26.2 Å². The van der Waals surface area contributed by atoms with E-state index in [0.717, 1.165) is 27.6 Å². The number of amides is 2. The zero-order valence-electron chi connectivity index (χ0n) is 25.7. The Morgan fingerprint density at radius 1 is 0.953 bits per heavy atom. The maximum Gasteiger partial charge on any atom is 0.264 e. The summed E-state index contributed by atoms with van der Waals surface area (Å²) in [6.45, 7) is 8.66. The van der Waals surface area contributed by atoms with Crippen molar-refractivity contribution in [2.75, 3.05) is 25.1 Å². The van der Waals surface area contributed by atoms with E-state index in [4.69, 9.17) is 9.47 Å². The van der Waals surface area contributed by atoms with Gasteiger partial charge in [0, 0.05) is 18.2 Å². The Kier molecular flexibility index (Phi) is 10.8. The minimum Gasteiger partial charge on any atom is -0.493 e. The molecular weight excluding hydrogens is 573 g/mol. The van der Waals surface area contributed by atoms with Crippen molar-refractivity contribution < 1.29 is 31.9 Å². The second kappa shape index (κ2) is 13.9. The molecule has 0 radical (unpaired) electrons. The van der Waals surface area contributed by atoms with Gasteiger partial charge in [-0.25, -0.2) is 12.8 Å². The molecule has 1 atom stereocenters. The van der Waals surface area contributed by atoms with Crippen LogP contribution < -0.4 is 19.1 Å². The van der Waals surface area contributed by atoms with Crippen LogP contribution in [0.15, 0.2) is 71.6 Å². The van der Waals surface area contributed by atoms with Gasteiger partial charge >= 0.3 is 0 Å². The summed E-state index contributed by atoms with van der Waals surface area (Å²) in [6, 6.07) is 15.5. The Bertz CT molecular complexity index is 1540. The molecule has 0 aliphatic carbocycles. The molecule has 9 nitrogen and oxygen atoms in total. The molecule has 43 heavy (non-hydrogen) atoms. The first-order chi connectivity index (χ1) is 20.2. The van der Waals surface area contributed by atoms with Crippen molar-refractivity contribution in [3.8, 4) is 11.5 Å². The van der Waals surface area contributed by atoms with Crippen LogP contribution in [0.25, 0.3) is 0 Å². The van der Waals surface area contributed by atoms with E-state index in [1.54, 1.807) is 6.92 Å².